The normalized spacial score (nSPS) is 13.3. The number of rotatable bonds is 5. The van der Waals surface area contributed by atoms with Gasteiger partial charge in [-0.05, 0) is 30.0 Å². The van der Waals surface area contributed by atoms with Crippen LogP contribution in [-0.2, 0) is 6.18 Å². The first kappa shape index (κ1) is 16.3. The van der Waals surface area contributed by atoms with E-state index in [-0.39, 0.29) is 17.2 Å². The number of anilines is 1. The SMILES string of the molecule is CC(C)C(C)CNc1ccc(C(F)(F)F)cc1C(=O)O. The zero-order valence-electron chi connectivity index (χ0n) is 11.6. The first-order chi connectivity index (χ1) is 9.12. The molecule has 1 atom stereocenters. The number of hydrogen-bond acceptors (Lipinski definition) is 2. The summed E-state index contributed by atoms with van der Waals surface area (Å²) in [7, 11) is 0. The van der Waals surface area contributed by atoms with Crippen molar-refractivity contribution >= 4 is 11.7 Å². The highest BCUT2D eigenvalue weighted by Crippen LogP contribution is 2.32. The minimum atomic E-state index is -4.55. The minimum Gasteiger partial charge on any atom is -0.478 e. The van der Waals surface area contributed by atoms with E-state index < -0.39 is 17.7 Å². The summed E-state index contributed by atoms with van der Waals surface area (Å²) in [5.74, 6) is -0.708. The van der Waals surface area contributed by atoms with Gasteiger partial charge in [-0.15, -0.1) is 0 Å². The van der Waals surface area contributed by atoms with Gasteiger partial charge >= 0.3 is 12.1 Å². The predicted octanol–water partition coefficient (Wildman–Crippen LogP) is 4.11. The maximum absolute atomic E-state index is 12.6. The molecule has 0 heterocycles. The van der Waals surface area contributed by atoms with Gasteiger partial charge in [0, 0.05) is 12.2 Å². The number of carbonyl (C=O) groups is 1. The molecule has 0 aliphatic rings. The van der Waals surface area contributed by atoms with Crippen molar-refractivity contribution in [1.82, 2.24) is 0 Å². The van der Waals surface area contributed by atoms with E-state index in [1.165, 1.54) is 6.07 Å². The smallest absolute Gasteiger partial charge is 0.416 e. The van der Waals surface area contributed by atoms with Gasteiger partial charge in [-0.25, -0.2) is 4.79 Å². The molecular weight excluding hydrogens is 271 g/mol. The summed E-state index contributed by atoms with van der Waals surface area (Å²) in [6, 6.07) is 2.71. The number of aromatic carboxylic acids is 1. The fourth-order valence-corrected chi connectivity index (χ4v) is 1.56. The van der Waals surface area contributed by atoms with Gasteiger partial charge in [0.15, 0.2) is 0 Å². The van der Waals surface area contributed by atoms with Crippen LogP contribution in [-0.4, -0.2) is 17.6 Å². The zero-order valence-corrected chi connectivity index (χ0v) is 11.6. The molecule has 1 aromatic carbocycles. The number of nitrogens with one attached hydrogen (secondary N) is 1. The third kappa shape index (κ3) is 4.15. The van der Waals surface area contributed by atoms with Gasteiger partial charge in [0.05, 0.1) is 11.1 Å². The zero-order chi connectivity index (χ0) is 15.5. The summed E-state index contributed by atoms with van der Waals surface area (Å²) in [6.45, 7) is 6.54. The van der Waals surface area contributed by atoms with Crippen molar-refractivity contribution in [3.63, 3.8) is 0 Å². The number of alkyl halides is 3. The van der Waals surface area contributed by atoms with Crippen molar-refractivity contribution in [3.8, 4) is 0 Å². The molecule has 1 aromatic rings. The highest BCUT2D eigenvalue weighted by atomic mass is 19.4. The second kappa shape index (κ2) is 6.15. The van der Waals surface area contributed by atoms with E-state index in [0.717, 1.165) is 6.07 Å². The van der Waals surface area contributed by atoms with E-state index >= 15 is 0 Å². The number of carboxylic acids is 1. The lowest BCUT2D eigenvalue weighted by Gasteiger charge is -2.18. The Labute approximate surface area is 115 Å². The minimum absolute atomic E-state index is 0.206. The second-order valence-electron chi connectivity index (χ2n) is 5.17. The van der Waals surface area contributed by atoms with Crippen molar-refractivity contribution in [2.45, 2.75) is 26.9 Å². The molecular formula is C14H18F3NO2. The third-order valence-electron chi connectivity index (χ3n) is 3.33. The third-order valence-corrected chi connectivity index (χ3v) is 3.33. The van der Waals surface area contributed by atoms with Crippen LogP contribution in [0.3, 0.4) is 0 Å². The standard InChI is InChI=1S/C14H18F3NO2/c1-8(2)9(3)7-18-12-5-4-10(14(15,16)17)6-11(12)13(19)20/h4-6,8-9,18H,7H2,1-3H3,(H,19,20). The molecule has 0 saturated heterocycles. The maximum atomic E-state index is 12.6. The molecule has 3 nitrogen and oxygen atoms in total. The topological polar surface area (TPSA) is 49.3 Å². The van der Waals surface area contributed by atoms with Crippen LogP contribution in [0.4, 0.5) is 18.9 Å². The Morgan fingerprint density at radius 2 is 1.90 bits per heavy atom. The van der Waals surface area contributed by atoms with Gasteiger partial charge < -0.3 is 10.4 Å². The second-order valence-corrected chi connectivity index (χ2v) is 5.17. The van der Waals surface area contributed by atoms with Crippen LogP contribution < -0.4 is 5.32 Å². The largest absolute Gasteiger partial charge is 0.478 e. The first-order valence-electron chi connectivity index (χ1n) is 6.31. The molecule has 2 N–H and O–H groups in total. The van der Waals surface area contributed by atoms with Gasteiger partial charge in [-0.3, -0.25) is 0 Å². The summed E-state index contributed by atoms with van der Waals surface area (Å²) in [5.41, 5.74) is -1.12. The number of benzene rings is 1. The molecule has 1 unspecified atom stereocenters. The van der Waals surface area contributed by atoms with E-state index in [9.17, 15) is 18.0 Å². The first-order valence-corrected chi connectivity index (χ1v) is 6.31. The van der Waals surface area contributed by atoms with Crippen LogP contribution in [0.5, 0.6) is 0 Å². The van der Waals surface area contributed by atoms with Crippen LogP contribution in [0.25, 0.3) is 0 Å². The lowest BCUT2D eigenvalue weighted by Crippen LogP contribution is -2.18. The Morgan fingerprint density at radius 3 is 2.35 bits per heavy atom. The van der Waals surface area contributed by atoms with E-state index in [4.69, 9.17) is 5.11 Å². The summed E-state index contributed by atoms with van der Waals surface area (Å²) in [6.07, 6.45) is -4.55. The molecule has 0 saturated carbocycles. The van der Waals surface area contributed by atoms with Crippen LogP contribution in [0.15, 0.2) is 18.2 Å². The molecule has 0 fully saturated rings. The molecule has 0 aliphatic heterocycles. The molecule has 0 spiro atoms. The lowest BCUT2D eigenvalue weighted by molar-refractivity contribution is -0.137. The van der Waals surface area contributed by atoms with Gasteiger partial charge in [0.2, 0.25) is 0 Å². The van der Waals surface area contributed by atoms with Crippen molar-refractivity contribution in [2.75, 3.05) is 11.9 Å². The fraction of sp³-hybridized carbons (Fsp3) is 0.500. The van der Waals surface area contributed by atoms with Crippen molar-refractivity contribution < 1.29 is 23.1 Å². The van der Waals surface area contributed by atoms with Crippen LogP contribution in [0.2, 0.25) is 0 Å². The Bertz CT molecular complexity index is 484. The van der Waals surface area contributed by atoms with Gasteiger partial charge in [-0.1, -0.05) is 20.8 Å². The molecule has 1 rings (SSSR count). The Balaban J connectivity index is 3.00. The molecule has 20 heavy (non-hydrogen) atoms. The van der Waals surface area contributed by atoms with Crippen LogP contribution in [0, 0.1) is 11.8 Å². The lowest BCUT2D eigenvalue weighted by atomic mass is 9.98. The predicted molar refractivity (Wildman–Crippen MR) is 70.9 cm³/mol. The number of halogens is 3. The van der Waals surface area contributed by atoms with Crippen LogP contribution >= 0.6 is 0 Å². The quantitative estimate of drug-likeness (QED) is 0.857. The van der Waals surface area contributed by atoms with Crippen molar-refractivity contribution in [1.29, 1.82) is 0 Å². The molecule has 112 valence electrons. The fourth-order valence-electron chi connectivity index (χ4n) is 1.56. The van der Waals surface area contributed by atoms with Crippen molar-refractivity contribution in [2.24, 2.45) is 11.8 Å². The molecule has 0 aromatic heterocycles. The summed E-state index contributed by atoms with van der Waals surface area (Å²) in [4.78, 5) is 11.1. The molecule has 0 aliphatic carbocycles. The Morgan fingerprint density at radius 1 is 1.30 bits per heavy atom. The Hall–Kier alpha value is -1.72. The average Bonchev–Trinajstić information content (AvgIpc) is 2.34. The summed E-state index contributed by atoms with van der Waals surface area (Å²) in [5, 5.41) is 11.9. The summed E-state index contributed by atoms with van der Waals surface area (Å²) < 4.78 is 37.7. The number of hydrogen-bond donors (Lipinski definition) is 2. The molecule has 0 radical (unpaired) electrons. The van der Waals surface area contributed by atoms with E-state index in [2.05, 4.69) is 5.32 Å². The summed E-state index contributed by atoms with van der Waals surface area (Å²) >= 11 is 0. The highest BCUT2D eigenvalue weighted by Gasteiger charge is 2.31. The van der Waals surface area contributed by atoms with Crippen LogP contribution in [0.1, 0.15) is 36.7 Å². The Kier molecular flexibility index (Phi) is 5.03. The van der Waals surface area contributed by atoms with Gasteiger partial charge in [0.1, 0.15) is 0 Å². The average molecular weight is 289 g/mol. The van der Waals surface area contributed by atoms with Gasteiger partial charge in [0.25, 0.3) is 0 Å². The molecule has 0 amide bonds. The monoisotopic (exact) mass is 289 g/mol. The molecule has 6 heteroatoms. The van der Waals surface area contributed by atoms with E-state index in [1.807, 2.05) is 20.8 Å². The highest BCUT2D eigenvalue weighted by molar-refractivity contribution is 5.94. The van der Waals surface area contributed by atoms with Crippen molar-refractivity contribution in [3.05, 3.63) is 29.3 Å². The van der Waals surface area contributed by atoms with Gasteiger partial charge in [-0.2, -0.15) is 13.2 Å². The maximum Gasteiger partial charge on any atom is 0.416 e. The van der Waals surface area contributed by atoms with E-state index in [1.54, 1.807) is 0 Å². The van der Waals surface area contributed by atoms with E-state index in [0.29, 0.717) is 18.5 Å². The molecule has 0 bridgehead atoms. The number of carboxylic acid groups (broad SMARTS) is 1.